The Labute approximate surface area is 209 Å². The molecule has 186 valence electrons. The lowest BCUT2D eigenvalue weighted by Crippen LogP contribution is -2.31. The smallest absolute Gasteiger partial charge is 0.255 e. The van der Waals surface area contributed by atoms with E-state index in [1.54, 1.807) is 24.3 Å². The van der Waals surface area contributed by atoms with E-state index in [0.29, 0.717) is 48.4 Å². The van der Waals surface area contributed by atoms with Crippen LogP contribution in [0.2, 0.25) is 0 Å². The first-order chi connectivity index (χ1) is 17.3. The highest BCUT2D eigenvalue weighted by Crippen LogP contribution is 2.15. The van der Waals surface area contributed by atoms with Crippen LogP contribution < -0.4 is 32.7 Å². The minimum atomic E-state index is -0.275. The molecule has 0 aliphatic carbocycles. The lowest BCUT2D eigenvalue weighted by Gasteiger charge is -2.09. The Hall–Kier alpha value is -4.86. The molecule has 0 aromatic heterocycles. The summed E-state index contributed by atoms with van der Waals surface area (Å²) in [5, 5.41) is 25.5. The highest BCUT2D eigenvalue weighted by Gasteiger charge is 2.10. The maximum Gasteiger partial charge on any atom is 0.255 e. The second kappa shape index (κ2) is 12.6. The fourth-order valence-corrected chi connectivity index (χ4v) is 3.37. The molecule has 3 aromatic carbocycles. The molecule has 0 radical (unpaired) electrons. The summed E-state index contributed by atoms with van der Waals surface area (Å²) in [6, 6.07) is 21.3. The number of hydrogen-bond acceptors (Lipinski definition) is 4. The summed E-state index contributed by atoms with van der Waals surface area (Å²) >= 11 is 0. The quantitative estimate of drug-likeness (QED) is 0.161. The molecular formula is C26H30N8O2. The summed E-state index contributed by atoms with van der Waals surface area (Å²) < 4.78 is 0. The molecule has 3 aromatic rings. The first-order valence-corrected chi connectivity index (χ1v) is 11.4. The number of carbonyl (C=O) groups excluding carboxylic acids is 2. The number of guanidine groups is 2. The second-order valence-electron chi connectivity index (χ2n) is 8.06. The summed E-state index contributed by atoms with van der Waals surface area (Å²) in [4.78, 5) is 25.2. The van der Waals surface area contributed by atoms with Crippen LogP contribution in [0, 0.1) is 10.8 Å². The first-order valence-electron chi connectivity index (χ1n) is 11.4. The van der Waals surface area contributed by atoms with Gasteiger partial charge in [-0.3, -0.25) is 20.4 Å². The minimum absolute atomic E-state index is 0.0624. The van der Waals surface area contributed by atoms with E-state index >= 15 is 0 Å². The van der Waals surface area contributed by atoms with Crippen molar-refractivity contribution in [3.8, 4) is 0 Å². The van der Waals surface area contributed by atoms with E-state index in [0.717, 1.165) is 11.1 Å². The maximum absolute atomic E-state index is 12.6. The Morgan fingerprint density at radius 2 is 0.917 bits per heavy atom. The molecule has 10 heteroatoms. The van der Waals surface area contributed by atoms with Crippen LogP contribution in [0.25, 0.3) is 0 Å². The Morgan fingerprint density at radius 3 is 1.22 bits per heavy atom. The van der Waals surface area contributed by atoms with E-state index in [1.165, 1.54) is 0 Å². The standard InChI is InChI=1S/C26H30N8O2/c27-25(28)31-15-13-17-1-9-21(10-2-17)33-23(35)19-5-7-20(8-6-19)24(36)34-22-11-3-18(4-12-22)14-16-32-26(29)30/h1-12H,13-16H2,(H,33,35)(H,34,36)(H4,27,28,31)(H4,29,30,32). The van der Waals surface area contributed by atoms with Gasteiger partial charge in [0.1, 0.15) is 0 Å². The first kappa shape index (κ1) is 25.8. The molecule has 2 amide bonds. The van der Waals surface area contributed by atoms with E-state index in [-0.39, 0.29) is 23.7 Å². The van der Waals surface area contributed by atoms with E-state index in [4.69, 9.17) is 22.3 Å². The molecule has 0 fully saturated rings. The van der Waals surface area contributed by atoms with Crippen molar-refractivity contribution in [1.29, 1.82) is 10.8 Å². The molecule has 36 heavy (non-hydrogen) atoms. The van der Waals surface area contributed by atoms with Gasteiger partial charge in [-0.15, -0.1) is 0 Å². The molecule has 0 atom stereocenters. The predicted molar refractivity (Wildman–Crippen MR) is 142 cm³/mol. The SMILES string of the molecule is N=C(N)NCCc1ccc(NC(=O)c2ccc(C(=O)Nc3ccc(CCNC(=N)N)cc3)cc2)cc1. The van der Waals surface area contributed by atoms with Gasteiger partial charge in [-0.25, -0.2) is 0 Å². The number of anilines is 2. The van der Waals surface area contributed by atoms with Crippen LogP contribution in [0.1, 0.15) is 31.8 Å². The van der Waals surface area contributed by atoms with Gasteiger partial charge in [0.05, 0.1) is 0 Å². The van der Waals surface area contributed by atoms with Gasteiger partial charge in [0.15, 0.2) is 11.9 Å². The Morgan fingerprint density at radius 1 is 0.583 bits per heavy atom. The molecule has 0 aliphatic rings. The number of nitrogens with one attached hydrogen (secondary N) is 6. The van der Waals surface area contributed by atoms with Gasteiger partial charge in [0.2, 0.25) is 0 Å². The van der Waals surface area contributed by atoms with Crippen molar-refractivity contribution >= 4 is 35.1 Å². The number of carbonyl (C=O) groups is 2. The average Bonchev–Trinajstić information content (AvgIpc) is 2.86. The molecule has 0 aliphatic heterocycles. The van der Waals surface area contributed by atoms with Crippen LogP contribution in [0.5, 0.6) is 0 Å². The normalized spacial score (nSPS) is 10.2. The van der Waals surface area contributed by atoms with Crippen LogP contribution >= 0.6 is 0 Å². The van der Waals surface area contributed by atoms with Crippen LogP contribution in [0.4, 0.5) is 11.4 Å². The molecule has 0 spiro atoms. The zero-order chi connectivity index (χ0) is 25.9. The zero-order valence-corrected chi connectivity index (χ0v) is 19.7. The van der Waals surface area contributed by atoms with Gasteiger partial charge < -0.3 is 32.7 Å². The minimum Gasteiger partial charge on any atom is -0.370 e. The van der Waals surface area contributed by atoms with E-state index in [9.17, 15) is 9.59 Å². The van der Waals surface area contributed by atoms with E-state index < -0.39 is 0 Å². The Balaban J connectivity index is 1.50. The maximum atomic E-state index is 12.6. The third-order valence-corrected chi connectivity index (χ3v) is 5.29. The van der Waals surface area contributed by atoms with Crippen LogP contribution in [0.15, 0.2) is 72.8 Å². The Bertz CT molecular complexity index is 1110. The van der Waals surface area contributed by atoms with Crippen molar-refractivity contribution in [3.05, 3.63) is 95.1 Å². The van der Waals surface area contributed by atoms with Gasteiger partial charge in [-0.1, -0.05) is 24.3 Å². The van der Waals surface area contributed by atoms with Crippen molar-refractivity contribution in [2.75, 3.05) is 23.7 Å². The van der Waals surface area contributed by atoms with Crippen molar-refractivity contribution in [2.45, 2.75) is 12.8 Å². The average molecular weight is 487 g/mol. The molecule has 0 heterocycles. The van der Waals surface area contributed by atoms with E-state index in [2.05, 4.69) is 21.3 Å². The lowest BCUT2D eigenvalue weighted by atomic mass is 10.1. The molecule has 0 bridgehead atoms. The summed E-state index contributed by atoms with van der Waals surface area (Å²) in [6.45, 7) is 1.12. The van der Waals surface area contributed by atoms with Crippen molar-refractivity contribution in [3.63, 3.8) is 0 Å². The number of rotatable bonds is 10. The summed E-state index contributed by atoms with van der Waals surface area (Å²) in [5.41, 5.74) is 14.8. The monoisotopic (exact) mass is 486 g/mol. The summed E-state index contributed by atoms with van der Waals surface area (Å²) in [7, 11) is 0. The fourth-order valence-electron chi connectivity index (χ4n) is 3.37. The number of amides is 2. The molecule has 10 N–H and O–H groups in total. The third kappa shape index (κ3) is 8.17. The van der Waals surface area contributed by atoms with Crippen LogP contribution in [-0.2, 0) is 12.8 Å². The van der Waals surface area contributed by atoms with Crippen molar-refractivity contribution in [2.24, 2.45) is 11.5 Å². The van der Waals surface area contributed by atoms with Crippen molar-refractivity contribution in [1.82, 2.24) is 10.6 Å². The second-order valence-corrected chi connectivity index (χ2v) is 8.06. The molecule has 0 unspecified atom stereocenters. The third-order valence-electron chi connectivity index (χ3n) is 5.29. The topological polar surface area (TPSA) is 182 Å². The van der Waals surface area contributed by atoms with Crippen molar-refractivity contribution < 1.29 is 9.59 Å². The molecule has 0 saturated carbocycles. The van der Waals surface area contributed by atoms with E-state index in [1.807, 2.05) is 48.5 Å². The van der Waals surface area contributed by atoms with Gasteiger partial charge in [-0.05, 0) is 72.5 Å². The molecular weight excluding hydrogens is 456 g/mol. The fraction of sp³-hybridized carbons (Fsp3) is 0.154. The van der Waals surface area contributed by atoms with Gasteiger partial charge in [-0.2, -0.15) is 0 Å². The Kier molecular flexibility index (Phi) is 8.99. The number of nitrogens with two attached hydrogens (primary N) is 2. The largest absolute Gasteiger partial charge is 0.370 e. The summed E-state index contributed by atoms with van der Waals surface area (Å²) in [5.74, 6) is -0.675. The molecule has 10 nitrogen and oxygen atoms in total. The summed E-state index contributed by atoms with van der Waals surface area (Å²) in [6.07, 6.45) is 1.42. The molecule has 0 saturated heterocycles. The van der Waals surface area contributed by atoms with Gasteiger partial charge >= 0.3 is 0 Å². The van der Waals surface area contributed by atoms with Gasteiger partial charge in [0, 0.05) is 35.6 Å². The number of benzene rings is 3. The number of hydrogen-bond donors (Lipinski definition) is 8. The highest BCUT2D eigenvalue weighted by atomic mass is 16.2. The molecule has 3 rings (SSSR count). The van der Waals surface area contributed by atoms with Gasteiger partial charge in [0.25, 0.3) is 11.8 Å². The highest BCUT2D eigenvalue weighted by molar-refractivity contribution is 6.07. The van der Waals surface area contributed by atoms with Crippen LogP contribution in [-0.4, -0.2) is 36.8 Å². The predicted octanol–water partition coefficient (Wildman–Crippen LogP) is 2.24. The lowest BCUT2D eigenvalue weighted by molar-refractivity contribution is 0.101. The zero-order valence-electron chi connectivity index (χ0n) is 19.7. The van der Waals surface area contributed by atoms with Crippen LogP contribution in [0.3, 0.4) is 0 Å².